The van der Waals surface area contributed by atoms with Crippen molar-refractivity contribution in [1.82, 2.24) is 4.90 Å². The predicted octanol–water partition coefficient (Wildman–Crippen LogP) is 20.8. The van der Waals surface area contributed by atoms with Crippen LogP contribution in [-0.4, -0.2) is 93.7 Å². The molecule has 3 aliphatic carbocycles. The maximum atomic E-state index is 11.8. The SMILES string of the molecule is C=C(C#N)C(O)C(C)(C)C.C=C(C#N)C(O)CC(C)(C)C.C=C(C(=O)OCC)C(O)C(C)(C)C.CC(C)(C)CCC(=O)C1=CCC1.CC(C)(C)CCC(=O)C1=CCCC1.CC(C)(C)CCC(=O)C1=CCCCC1.CCC(=O)CCCC(C)(C)C.CCC(=O)N(C)CCC(C)(C)C. The van der Waals surface area contributed by atoms with Gasteiger partial charge in [0.1, 0.15) is 5.78 Å². The second-order valence-electron chi connectivity index (χ2n) is 35.4. The highest BCUT2D eigenvalue weighted by atomic mass is 16.5. The molecule has 3 unspecified atom stereocenters. The van der Waals surface area contributed by atoms with Crippen LogP contribution in [0.25, 0.3) is 0 Å². The molecule has 0 aliphatic heterocycles. The summed E-state index contributed by atoms with van der Waals surface area (Å²) in [6, 6.07) is 3.67. The lowest BCUT2D eigenvalue weighted by Crippen LogP contribution is -2.31. The predicted molar refractivity (Wildman–Crippen MR) is 404 cm³/mol. The van der Waals surface area contributed by atoms with Crippen molar-refractivity contribution in [2.45, 2.75) is 347 Å². The molecule has 3 N–H and O–H groups in total. The lowest BCUT2D eigenvalue weighted by atomic mass is 9.85. The van der Waals surface area contributed by atoms with E-state index in [0.29, 0.717) is 65.2 Å². The van der Waals surface area contributed by atoms with Gasteiger partial charge in [-0.25, -0.2) is 4.79 Å². The molecule has 0 saturated carbocycles. The summed E-state index contributed by atoms with van der Waals surface area (Å²) < 4.78 is 4.72. The Bertz CT molecular complexity index is 2520. The summed E-state index contributed by atoms with van der Waals surface area (Å²) in [7, 11) is 1.87. The molecule has 0 bridgehead atoms. The van der Waals surface area contributed by atoms with Crippen LogP contribution < -0.4 is 0 Å². The van der Waals surface area contributed by atoms with Gasteiger partial charge < -0.3 is 25.0 Å². The fourth-order valence-electron chi connectivity index (χ4n) is 8.61. The molecule has 13 nitrogen and oxygen atoms in total. The normalized spacial score (nSPS) is 14.7. The molecule has 13 heteroatoms. The van der Waals surface area contributed by atoms with Gasteiger partial charge in [0, 0.05) is 52.1 Å². The number of esters is 1. The average Bonchev–Trinajstić information content (AvgIpc) is 1.33. The molecule has 3 rings (SSSR count). The van der Waals surface area contributed by atoms with Gasteiger partial charge in [0.05, 0.1) is 53.8 Å². The maximum Gasteiger partial charge on any atom is 0.336 e. The monoisotopic (exact) mass is 1350 g/mol. The molecule has 0 saturated heterocycles. The number of allylic oxidation sites excluding steroid dienone is 6. The van der Waals surface area contributed by atoms with Crippen LogP contribution in [0, 0.1) is 66.0 Å². The number of nitriles is 2. The van der Waals surface area contributed by atoms with Gasteiger partial charge in [-0.1, -0.05) is 218 Å². The fourth-order valence-corrected chi connectivity index (χ4v) is 8.61. The molecule has 3 aliphatic rings. The van der Waals surface area contributed by atoms with Crippen molar-refractivity contribution in [3.63, 3.8) is 0 Å². The number of hydrogen-bond acceptors (Lipinski definition) is 12. The van der Waals surface area contributed by atoms with Gasteiger partial charge in [-0.3, -0.25) is 24.0 Å². The Balaban J connectivity index is -0.000000329. The number of aliphatic hydroxyl groups excluding tert-OH is 3. The smallest absolute Gasteiger partial charge is 0.336 e. The van der Waals surface area contributed by atoms with Crippen LogP contribution in [-0.2, 0) is 33.5 Å². The molecule has 0 aromatic heterocycles. The van der Waals surface area contributed by atoms with E-state index in [2.05, 4.69) is 142 Å². The fraction of sp³-hybridized carbons (Fsp3) is 0.759. The first kappa shape index (κ1) is 99.6. The topological polar surface area (TPSA) is 223 Å². The molecular formula is C83H147N3O10. The van der Waals surface area contributed by atoms with Crippen molar-refractivity contribution >= 4 is 35.0 Å². The van der Waals surface area contributed by atoms with Crippen LogP contribution in [0.1, 0.15) is 328 Å². The highest BCUT2D eigenvalue weighted by molar-refractivity contribution is 5.97. The lowest BCUT2D eigenvalue weighted by Gasteiger charge is -2.26. The van der Waals surface area contributed by atoms with E-state index < -0.39 is 24.3 Å². The standard InChI is InChI=1S/C13H22O.C12H20O.C11H18O.C10H21NO.C10H18O3.C10H20O.C9H15NO.C8H13NO/c1-13(2,3)10-9-12(14)11-7-5-4-6-8-11;1-12(2,3)9-8-11(13)10-6-4-5-7-10;1-11(2,3)8-7-10(12)9-5-4-6-9;1-6-9(12)11(5)8-7-10(2,3)4;1-6-13-9(12)7(2)8(11)10(3,4)5;1-5-9(11)7-6-8-10(2,3)4;1-7(6-10)8(11)5-9(2,3)4;1-6(5-9)7(10)8(2,3)4/h7H,4-6,8-10H2,1-3H3;6H,4-5,7-9H2,1-3H3;5H,4,6-8H2,1-3H3;6-8H2,1-5H3;8,11H,2,6H2,1,3-5H3;5-8H2,1-4H3;8,11H,1,5H2,2-4H3;7,10H,1H2,2-4H3. The number of carbonyl (C=O) groups excluding carboxylic acids is 6. The summed E-state index contributed by atoms with van der Waals surface area (Å²) in [6.45, 7) is 67.1. The second kappa shape index (κ2) is 48.6. The van der Waals surface area contributed by atoms with Crippen LogP contribution in [0.15, 0.2) is 71.4 Å². The first-order valence-electron chi connectivity index (χ1n) is 35.9. The van der Waals surface area contributed by atoms with Crippen molar-refractivity contribution in [1.29, 1.82) is 10.5 Å². The van der Waals surface area contributed by atoms with Crippen molar-refractivity contribution < 1.29 is 48.8 Å². The summed E-state index contributed by atoms with van der Waals surface area (Å²) >= 11 is 0. The second-order valence-corrected chi connectivity index (χ2v) is 35.4. The molecule has 0 fully saturated rings. The van der Waals surface area contributed by atoms with E-state index in [0.717, 1.165) is 126 Å². The van der Waals surface area contributed by atoms with Crippen LogP contribution in [0.4, 0.5) is 0 Å². The number of rotatable bonds is 22. The molecule has 0 heterocycles. The molecule has 3 atom stereocenters. The van der Waals surface area contributed by atoms with Gasteiger partial charge in [-0.2, -0.15) is 10.5 Å². The lowest BCUT2D eigenvalue weighted by molar-refractivity contribution is -0.140. The number of aliphatic hydroxyl groups is 3. The first-order chi connectivity index (χ1) is 43.3. The number of ketones is 4. The molecule has 0 spiro atoms. The zero-order valence-corrected chi connectivity index (χ0v) is 67.1. The van der Waals surface area contributed by atoms with E-state index in [4.69, 9.17) is 15.3 Å². The molecule has 1 amide bonds. The molecule has 96 heavy (non-hydrogen) atoms. The van der Waals surface area contributed by atoms with Gasteiger partial charge in [-0.15, -0.1) is 0 Å². The van der Waals surface area contributed by atoms with E-state index in [1.807, 2.05) is 100 Å². The quantitative estimate of drug-likeness (QED) is 0.0523. The Morgan fingerprint density at radius 3 is 1.14 bits per heavy atom. The minimum absolute atomic E-state index is 0.0409. The van der Waals surface area contributed by atoms with E-state index in [1.54, 1.807) is 6.92 Å². The zero-order chi connectivity index (χ0) is 76.5. The van der Waals surface area contributed by atoms with E-state index in [1.165, 1.54) is 19.3 Å². The van der Waals surface area contributed by atoms with Crippen LogP contribution >= 0.6 is 0 Å². The zero-order valence-electron chi connectivity index (χ0n) is 67.1. The number of carbonyl (C=O) groups is 6. The number of hydrogen-bond donors (Lipinski definition) is 3. The third-order valence-corrected chi connectivity index (χ3v) is 15.6. The van der Waals surface area contributed by atoms with Gasteiger partial charge in [-0.05, 0) is 170 Å². The van der Waals surface area contributed by atoms with Gasteiger partial charge in [0.15, 0.2) is 17.3 Å². The molecule has 0 radical (unpaired) electrons. The summed E-state index contributed by atoms with van der Waals surface area (Å²) in [4.78, 5) is 69.8. The van der Waals surface area contributed by atoms with E-state index in [9.17, 15) is 44.1 Å². The highest BCUT2D eigenvalue weighted by Crippen LogP contribution is 2.30. The largest absolute Gasteiger partial charge is 0.463 e. The molecule has 0 aromatic rings. The van der Waals surface area contributed by atoms with Crippen LogP contribution in [0.3, 0.4) is 0 Å². The van der Waals surface area contributed by atoms with Gasteiger partial charge in [0.25, 0.3) is 0 Å². The number of amides is 1. The number of nitrogens with zero attached hydrogens (tertiary/aromatic N) is 3. The van der Waals surface area contributed by atoms with Crippen LogP contribution in [0.2, 0.25) is 0 Å². The third-order valence-electron chi connectivity index (χ3n) is 15.6. The van der Waals surface area contributed by atoms with Gasteiger partial charge >= 0.3 is 5.97 Å². The Hall–Kier alpha value is -5.08. The maximum absolute atomic E-state index is 11.8. The van der Waals surface area contributed by atoms with Crippen molar-refractivity contribution in [3.05, 3.63) is 71.4 Å². The summed E-state index contributed by atoms with van der Waals surface area (Å²) in [5.74, 6) is 1.25. The summed E-state index contributed by atoms with van der Waals surface area (Å²) in [6.07, 6.45) is 25.2. The number of ether oxygens (including phenoxy) is 1. The van der Waals surface area contributed by atoms with Crippen molar-refractivity contribution in [2.24, 2.45) is 43.3 Å². The number of Topliss-reactive ketones (excluding diaryl/α,β-unsaturated/α-hetero) is 4. The van der Waals surface area contributed by atoms with E-state index in [-0.39, 0.29) is 49.7 Å². The third kappa shape index (κ3) is 60.1. The minimum atomic E-state index is -0.855. The van der Waals surface area contributed by atoms with Crippen molar-refractivity contribution in [2.75, 3.05) is 20.2 Å². The Morgan fingerprint density at radius 2 is 0.865 bits per heavy atom. The average molecular weight is 1350 g/mol. The summed E-state index contributed by atoms with van der Waals surface area (Å²) in [5.41, 5.74) is 4.79. The molecule has 554 valence electrons. The van der Waals surface area contributed by atoms with Gasteiger partial charge in [0.2, 0.25) is 5.91 Å². The highest BCUT2D eigenvalue weighted by Gasteiger charge is 2.29. The first-order valence-corrected chi connectivity index (χ1v) is 35.9. The van der Waals surface area contributed by atoms with Crippen LogP contribution in [0.5, 0.6) is 0 Å². The Kier molecular flexibility index (Phi) is 50.4. The Morgan fingerprint density at radius 1 is 0.490 bits per heavy atom. The molecular weight excluding hydrogens is 1200 g/mol. The summed E-state index contributed by atoms with van der Waals surface area (Å²) in [5, 5.41) is 45.1. The molecule has 0 aromatic carbocycles. The Labute approximate surface area is 590 Å². The minimum Gasteiger partial charge on any atom is -0.463 e. The van der Waals surface area contributed by atoms with Crippen molar-refractivity contribution in [3.8, 4) is 12.1 Å². The van der Waals surface area contributed by atoms with E-state index >= 15 is 0 Å².